The number of nitrogens with zero attached hydrogens (tertiary/aromatic N) is 2. The number of rotatable bonds is 8. The first kappa shape index (κ1) is 28.8. The normalized spacial score (nSPS) is 20.9. The fourth-order valence-electron chi connectivity index (χ4n) is 5.09. The van der Waals surface area contributed by atoms with Crippen LogP contribution in [0.1, 0.15) is 38.2 Å². The Morgan fingerprint density at radius 3 is 2.59 bits per heavy atom. The third kappa shape index (κ3) is 6.94. The van der Waals surface area contributed by atoms with Crippen LogP contribution in [0.4, 0.5) is 11.4 Å². The lowest BCUT2D eigenvalue weighted by Gasteiger charge is -2.35. The molecule has 9 heteroatoms. The molecule has 1 saturated carbocycles. The summed E-state index contributed by atoms with van der Waals surface area (Å²) in [5.41, 5.74) is 2.12. The van der Waals surface area contributed by atoms with Crippen molar-refractivity contribution >= 4 is 57.8 Å². The van der Waals surface area contributed by atoms with Gasteiger partial charge in [0, 0.05) is 6.04 Å². The van der Waals surface area contributed by atoms with Gasteiger partial charge in [-0.2, -0.15) is 0 Å². The van der Waals surface area contributed by atoms with Crippen LogP contribution >= 0.6 is 23.4 Å². The van der Waals surface area contributed by atoms with Crippen molar-refractivity contribution in [2.24, 2.45) is 10.9 Å². The second-order valence-electron chi connectivity index (χ2n) is 10.1. The van der Waals surface area contributed by atoms with Crippen molar-refractivity contribution in [2.75, 3.05) is 19.0 Å². The highest BCUT2D eigenvalue weighted by Gasteiger charge is 2.41. The van der Waals surface area contributed by atoms with E-state index in [-0.39, 0.29) is 24.5 Å². The zero-order chi connectivity index (χ0) is 28.8. The number of hydrogen-bond acceptors (Lipinski definition) is 6. The van der Waals surface area contributed by atoms with Crippen LogP contribution in [0, 0.1) is 5.92 Å². The van der Waals surface area contributed by atoms with Crippen LogP contribution in [0.2, 0.25) is 5.02 Å². The summed E-state index contributed by atoms with van der Waals surface area (Å²) in [7, 11) is 1.54. The molecule has 1 aliphatic heterocycles. The van der Waals surface area contributed by atoms with Crippen LogP contribution in [0.15, 0.2) is 82.7 Å². The number of amidine groups is 1. The molecule has 0 unspecified atom stereocenters. The van der Waals surface area contributed by atoms with Crippen LogP contribution in [-0.2, 0) is 9.59 Å². The zero-order valence-electron chi connectivity index (χ0n) is 23.0. The van der Waals surface area contributed by atoms with Gasteiger partial charge < -0.3 is 14.8 Å². The van der Waals surface area contributed by atoms with Crippen molar-refractivity contribution in [2.45, 2.75) is 38.6 Å². The van der Waals surface area contributed by atoms with Crippen molar-refractivity contribution in [3.8, 4) is 11.5 Å². The number of thioether (sulfide) groups is 1. The monoisotopic (exact) mass is 589 g/mol. The van der Waals surface area contributed by atoms with E-state index in [1.807, 2.05) is 47.4 Å². The SMILES string of the molecule is COc1cc(/C=C2\SC(=Nc3ccccc3)N([C@H]3CCCC[C@H]3C)C2=O)ccc1OCC(=O)Nc1ccccc1Cl. The van der Waals surface area contributed by atoms with Gasteiger partial charge in [-0.15, -0.1) is 0 Å². The van der Waals surface area contributed by atoms with Gasteiger partial charge in [-0.1, -0.05) is 67.8 Å². The molecule has 2 fully saturated rings. The van der Waals surface area contributed by atoms with Gasteiger partial charge in [-0.3, -0.25) is 14.5 Å². The molecule has 0 spiro atoms. The number of anilines is 1. The van der Waals surface area contributed by atoms with Gasteiger partial charge in [0.2, 0.25) is 0 Å². The Bertz CT molecular complexity index is 1480. The van der Waals surface area contributed by atoms with E-state index >= 15 is 0 Å². The van der Waals surface area contributed by atoms with Crippen LogP contribution in [0.25, 0.3) is 6.08 Å². The summed E-state index contributed by atoms with van der Waals surface area (Å²) in [6.07, 6.45) is 6.23. The lowest BCUT2D eigenvalue weighted by molar-refractivity contribution is -0.125. The standard InChI is InChI=1S/C32H32ClN3O4S/c1-21-10-6-9-15-26(21)36-31(38)29(41-32(36)34-23-11-4-3-5-12-23)19-22-16-17-27(28(18-22)39-2)40-20-30(37)35-25-14-8-7-13-24(25)33/h3-5,7-8,11-14,16-19,21,26H,6,9-10,15,20H2,1-2H3,(H,35,37)/b29-19-,34-32?/t21-,26+/m1/s1. The third-order valence-corrected chi connectivity index (χ3v) is 8.52. The molecule has 1 heterocycles. The first-order valence-electron chi connectivity index (χ1n) is 13.6. The Hall–Kier alpha value is -3.75. The molecule has 7 nitrogen and oxygen atoms in total. The van der Waals surface area contributed by atoms with Crippen molar-refractivity contribution in [3.05, 3.63) is 88.3 Å². The fraction of sp³-hybridized carbons (Fsp3) is 0.281. The van der Waals surface area contributed by atoms with Crippen molar-refractivity contribution in [1.82, 2.24) is 4.90 Å². The summed E-state index contributed by atoms with van der Waals surface area (Å²) in [6, 6.07) is 22.2. The molecular formula is C32H32ClN3O4S. The minimum atomic E-state index is -0.346. The van der Waals surface area contributed by atoms with Crippen LogP contribution in [0.3, 0.4) is 0 Å². The number of ether oxygens (including phenoxy) is 2. The molecule has 1 saturated heterocycles. The van der Waals surface area contributed by atoms with Gasteiger partial charge in [0.15, 0.2) is 23.3 Å². The number of carbonyl (C=O) groups excluding carboxylic acids is 2. The Morgan fingerprint density at radius 2 is 1.83 bits per heavy atom. The minimum Gasteiger partial charge on any atom is -0.493 e. The van der Waals surface area contributed by atoms with E-state index in [1.54, 1.807) is 36.4 Å². The summed E-state index contributed by atoms with van der Waals surface area (Å²) in [5, 5.41) is 3.89. The highest BCUT2D eigenvalue weighted by atomic mass is 35.5. The lowest BCUT2D eigenvalue weighted by Crippen LogP contribution is -2.44. The molecule has 41 heavy (non-hydrogen) atoms. The Kier molecular flexibility index (Phi) is 9.31. The first-order chi connectivity index (χ1) is 19.9. The van der Waals surface area contributed by atoms with E-state index in [1.165, 1.54) is 25.3 Å². The van der Waals surface area contributed by atoms with Crippen molar-refractivity contribution in [3.63, 3.8) is 0 Å². The molecule has 212 valence electrons. The maximum atomic E-state index is 13.8. The summed E-state index contributed by atoms with van der Waals surface area (Å²) >= 11 is 7.52. The molecule has 0 radical (unpaired) electrons. The van der Waals surface area contributed by atoms with Crippen LogP contribution in [0.5, 0.6) is 11.5 Å². The van der Waals surface area contributed by atoms with Crippen LogP contribution in [-0.4, -0.2) is 41.6 Å². The zero-order valence-corrected chi connectivity index (χ0v) is 24.6. The third-order valence-electron chi connectivity index (χ3n) is 7.21. The van der Waals surface area contributed by atoms with E-state index in [9.17, 15) is 9.59 Å². The predicted molar refractivity (Wildman–Crippen MR) is 166 cm³/mol. The molecule has 0 bridgehead atoms. The minimum absolute atomic E-state index is 0.0287. The van der Waals surface area contributed by atoms with Crippen molar-refractivity contribution in [1.29, 1.82) is 0 Å². The molecule has 2 aliphatic rings. The number of amides is 2. The van der Waals surface area contributed by atoms with Gasteiger partial charge in [0.1, 0.15) is 0 Å². The second kappa shape index (κ2) is 13.3. The highest BCUT2D eigenvalue weighted by molar-refractivity contribution is 8.18. The van der Waals surface area contributed by atoms with Gasteiger partial charge in [0.05, 0.1) is 28.4 Å². The topological polar surface area (TPSA) is 80.2 Å². The van der Waals surface area contributed by atoms with E-state index in [2.05, 4.69) is 12.2 Å². The second-order valence-corrected chi connectivity index (χ2v) is 11.5. The molecule has 2 amide bonds. The van der Waals surface area contributed by atoms with Gasteiger partial charge in [-0.25, -0.2) is 4.99 Å². The number of hydrogen-bond donors (Lipinski definition) is 1. The molecule has 3 aromatic carbocycles. The molecular weight excluding hydrogens is 558 g/mol. The quantitative estimate of drug-likeness (QED) is 0.274. The Balaban J connectivity index is 1.35. The number of halogens is 1. The molecule has 2 atom stereocenters. The van der Waals surface area contributed by atoms with E-state index in [0.29, 0.717) is 38.2 Å². The van der Waals surface area contributed by atoms with Gasteiger partial charge >= 0.3 is 0 Å². The number of para-hydroxylation sites is 2. The summed E-state index contributed by atoms with van der Waals surface area (Å²) in [5.74, 6) is 0.899. The summed E-state index contributed by atoms with van der Waals surface area (Å²) in [6.45, 7) is 2.01. The number of carbonyl (C=O) groups is 2. The predicted octanol–water partition coefficient (Wildman–Crippen LogP) is 7.55. The fourth-order valence-corrected chi connectivity index (χ4v) is 6.32. The maximum absolute atomic E-state index is 13.8. The van der Waals surface area contributed by atoms with Crippen molar-refractivity contribution < 1.29 is 19.1 Å². The number of benzene rings is 3. The average molecular weight is 590 g/mol. The van der Waals surface area contributed by atoms with E-state index in [0.717, 1.165) is 30.5 Å². The highest BCUT2D eigenvalue weighted by Crippen LogP contribution is 2.40. The smallest absolute Gasteiger partial charge is 0.267 e. The molecule has 5 rings (SSSR count). The Labute approximate surface area is 249 Å². The maximum Gasteiger partial charge on any atom is 0.267 e. The average Bonchev–Trinajstić information content (AvgIpc) is 3.27. The van der Waals surface area contributed by atoms with Crippen LogP contribution < -0.4 is 14.8 Å². The van der Waals surface area contributed by atoms with E-state index < -0.39 is 0 Å². The number of methoxy groups -OCH3 is 1. The molecule has 0 aromatic heterocycles. The molecule has 3 aromatic rings. The van der Waals surface area contributed by atoms with E-state index in [4.69, 9.17) is 26.1 Å². The summed E-state index contributed by atoms with van der Waals surface area (Å²) < 4.78 is 11.3. The number of aliphatic imine (C=N–C) groups is 1. The van der Waals surface area contributed by atoms with Gasteiger partial charge in [-0.05, 0) is 78.6 Å². The lowest BCUT2D eigenvalue weighted by atomic mass is 9.85. The van der Waals surface area contributed by atoms with Gasteiger partial charge in [0.25, 0.3) is 11.8 Å². The first-order valence-corrected chi connectivity index (χ1v) is 14.8. The largest absolute Gasteiger partial charge is 0.493 e. The number of nitrogens with one attached hydrogen (secondary N) is 1. The molecule has 1 aliphatic carbocycles. The summed E-state index contributed by atoms with van der Waals surface area (Å²) in [4.78, 5) is 33.6. The molecule has 1 N–H and O–H groups in total. The Morgan fingerprint density at radius 1 is 1.07 bits per heavy atom.